The molecule has 0 aromatic heterocycles. The van der Waals surface area contributed by atoms with Gasteiger partial charge in [-0.1, -0.05) is 95.6 Å². The summed E-state index contributed by atoms with van der Waals surface area (Å²) in [5.41, 5.74) is 40.6. The predicted molar refractivity (Wildman–Crippen MR) is 255 cm³/mol. The molecule has 15 heteroatoms. The molecule has 0 unspecified atom stereocenters. The summed E-state index contributed by atoms with van der Waals surface area (Å²) >= 11 is 13.3. The van der Waals surface area contributed by atoms with Gasteiger partial charge in [0.05, 0.1) is 44.6 Å². The minimum absolute atomic E-state index is 0.0851. The van der Waals surface area contributed by atoms with E-state index in [4.69, 9.17) is 57.6 Å². The molecule has 0 aliphatic carbocycles. The average molecular weight is 912 g/mol. The second kappa shape index (κ2) is 20.4. The number of hydrogen-bond acceptors (Lipinski definition) is 11. The molecule has 332 valence electrons. The van der Waals surface area contributed by atoms with Gasteiger partial charge in [0.25, 0.3) is 11.8 Å². The summed E-state index contributed by atoms with van der Waals surface area (Å²) in [4.78, 5) is 63.3. The highest BCUT2D eigenvalue weighted by Gasteiger charge is 2.45. The van der Waals surface area contributed by atoms with Gasteiger partial charge in [-0.3, -0.25) is 29.0 Å². The summed E-state index contributed by atoms with van der Waals surface area (Å²) in [6.45, 7) is 3.85. The molecule has 0 spiro atoms. The fourth-order valence-corrected chi connectivity index (χ4v) is 9.49. The lowest BCUT2D eigenvalue weighted by molar-refractivity contribution is -0.123. The van der Waals surface area contributed by atoms with Crippen molar-refractivity contribution >= 4 is 69.7 Å². The fraction of sp³-hybridized carbons (Fsp3) is 0.333. The number of benzene rings is 4. The lowest BCUT2D eigenvalue weighted by Crippen LogP contribution is -2.55. The number of anilines is 2. The number of thioether (sulfide) groups is 1. The van der Waals surface area contributed by atoms with Crippen molar-refractivity contribution in [1.29, 1.82) is 0 Å². The number of Topliss-reactive ketones (excluding diaryl/α,β-unsaturated/α-hetero) is 2. The zero-order valence-corrected chi connectivity index (χ0v) is 37.9. The summed E-state index contributed by atoms with van der Waals surface area (Å²) < 4.78 is 0. The molecule has 0 saturated heterocycles. The highest BCUT2D eigenvalue weighted by molar-refractivity contribution is 8.07. The number of carbonyl (C=O) groups excluding carboxylic acids is 4. The molecule has 0 bridgehead atoms. The molecule has 12 nitrogen and oxygen atoms in total. The van der Waals surface area contributed by atoms with Gasteiger partial charge in [0.2, 0.25) is 0 Å². The number of nitrogens with zero attached hydrogens (tertiary/aromatic N) is 2. The van der Waals surface area contributed by atoms with Gasteiger partial charge in [0, 0.05) is 34.0 Å². The normalized spacial score (nSPS) is 16.7. The number of hydrogen-bond donors (Lipinski definition) is 6. The molecule has 0 fully saturated rings. The number of carbonyl (C=O) groups is 4. The van der Waals surface area contributed by atoms with E-state index in [-0.39, 0.29) is 59.7 Å². The van der Waals surface area contributed by atoms with Crippen LogP contribution in [0.2, 0.25) is 10.0 Å². The minimum atomic E-state index is -1.46. The van der Waals surface area contributed by atoms with E-state index in [0.29, 0.717) is 58.5 Å². The van der Waals surface area contributed by atoms with Crippen LogP contribution in [0.4, 0.5) is 11.4 Å². The number of halogens is 2. The highest BCUT2D eigenvalue weighted by atomic mass is 35.5. The molecule has 0 saturated carbocycles. The molecule has 4 aromatic carbocycles. The van der Waals surface area contributed by atoms with Gasteiger partial charge >= 0.3 is 0 Å². The van der Waals surface area contributed by atoms with Crippen molar-refractivity contribution in [3.05, 3.63) is 151 Å². The molecule has 2 aliphatic heterocycles. The number of nitrogens with two attached hydrogens (primary N) is 6. The van der Waals surface area contributed by atoms with Gasteiger partial charge in [-0.15, -0.1) is 0 Å². The Morgan fingerprint density at radius 2 is 0.952 bits per heavy atom. The summed E-state index contributed by atoms with van der Waals surface area (Å²) in [6, 6.07) is 26.5. The van der Waals surface area contributed by atoms with Crippen molar-refractivity contribution in [2.24, 2.45) is 34.4 Å². The van der Waals surface area contributed by atoms with Crippen molar-refractivity contribution in [1.82, 2.24) is 0 Å². The average Bonchev–Trinajstić information content (AvgIpc) is 3.27. The van der Waals surface area contributed by atoms with Crippen molar-refractivity contribution in [3.8, 4) is 0 Å². The Labute approximate surface area is 383 Å². The van der Waals surface area contributed by atoms with E-state index >= 15 is 19.2 Å². The van der Waals surface area contributed by atoms with Crippen LogP contribution < -0.4 is 44.2 Å². The maximum absolute atomic E-state index is 15.2. The third kappa shape index (κ3) is 10.8. The monoisotopic (exact) mass is 910 g/mol. The second-order valence-electron chi connectivity index (χ2n) is 16.8. The number of para-hydroxylation sites is 2. The molecule has 2 heterocycles. The van der Waals surface area contributed by atoms with Gasteiger partial charge < -0.3 is 34.4 Å². The topological polar surface area (TPSA) is 231 Å². The van der Waals surface area contributed by atoms with Crippen LogP contribution in [0.1, 0.15) is 61.8 Å². The Morgan fingerprint density at radius 3 is 1.30 bits per heavy atom. The van der Waals surface area contributed by atoms with Crippen LogP contribution >= 0.6 is 35.0 Å². The first kappa shape index (κ1) is 47.8. The standard InChI is InChI=1S/C48H56Cl2N8O4S/c1-47(55,21-7-23-51)45(61)57-39-11-5-3-9-31(39)27-35(41(59)37(53)25-29-13-17-33(49)18-14-29)43(57)63-44-36(42(60)38(54)26-30-15-19-34(50)20-16-30)28-32-10-4-6-12-40(32)58(44)46(62)48(2,56)22-8-24-52/h3-6,9-20,37-38H,7-8,21-28,51-56H2,1-2H3/t37-,38-,47-,48-/m0/s1. The summed E-state index contributed by atoms with van der Waals surface area (Å²) in [5, 5.41) is 1.39. The van der Waals surface area contributed by atoms with E-state index in [2.05, 4.69) is 0 Å². The summed E-state index contributed by atoms with van der Waals surface area (Å²) in [6.07, 6.45) is 1.85. The van der Waals surface area contributed by atoms with Crippen LogP contribution in [0.25, 0.3) is 0 Å². The number of fused-ring (bicyclic) bond motifs is 2. The van der Waals surface area contributed by atoms with Crippen LogP contribution in [-0.2, 0) is 44.9 Å². The minimum Gasteiger partial charge on any atom is -0.330 e. The first-order chi connectivity index (χ1) is 30.0. The molecule has 2 aliphatic rings. The Kier molecular flexibility index (Phi) is 15.5. The molecule has 63 heavy (non-hydrogen) atoms. The molecule has 4 aromatic rings. The first-order valence-electron chi connectivity index (χ1n) is 21.0. The van der Waals surface area contributed by atoms with Gasteiger partial charge in [0.15, 0.2) is 11.6 Å². The number of rotatable bonds is 18. The SMILES string of the molecule is C[C@](N)(CCCN)C(=O)N1C(SC2=C(C(=O)[C@@H](N)Cc3ccc(Cl)cc3)Cc3ccccc3N2C(=O)[C@@](C)(N)CCCN)=C(C(=O)[C@@H](N)Cc2ccc(Cl)cc2)Cc2ccccc21. The third-order valence-electron chi connectivity index (χ3n) is 11.5. The number of amides is 2. The summed E-state index contributed by atoms with van der Waals surface area (Å²) in [5.74, 6) is -1.91. The van der Waals surface area contributed by atoms with Crippen molar-refractivity contribution in [2.75, 3.05) is 22.9 Å². The molecule has 2 amide bonds. The maximum atomic E-state index is 15.2. The van der Waals surface area contributed by atoms with E-state index in [1.807, 2.05) is 24.3 Å². The van der Waals surface area contributed by atoms with E-state index in [1.165, 1.54) is 9.80 Å². The van der Waals surface area contributed by atoms with Crippen molar-refractivity contribution < 1.29 is 19.2 Å². The smallest absolute Gasteiger partial charge is 0.251 e. The highest BCUT2D eigenvalue weighted by Crippen LogP contribution is 2.48. The van der Waals surface area contributed by atoms with E-state index in [9.17, 15) is 0 Å². The van der Waals surface area contributed by atoms with E-state index in [1.54, 1.807) is 86.6 Å². The third-order valence-corrected chi connectivity index (χ3v) is 13.3. The van der Waals surface area contributed by atoms with Crippen LogP contribution in [0, 0.1) is 0 Å². The molecular weight excluding hydrogens is 856 g/mol. The first-order valence-corrected chi connectivity index (χ1v) is 22.6. The van der Waals surface area contributed by atoms with Crippen LogP contribution in [-0.4, -0.2) is 59.6 Å². The lowest BCUT2D eigenvalue weighted by atomic mass is 9.89. The maximum Gasteiger partial charge on any atom is 0.251 e. The second-order valence-corrected chi connectivity index (χ2v) is 18.6. The summed E-state index contributed by atoms with van der Waals surface area (Å²) in [7, 11) is 0. The van der Waals surface area contributed by atoms with Crippen molar-refractivity contribution in [3.63, 3.8) is 0 Å². The van der Waals surface area contributed by atoms with Gasteiger partial charge in [-0.05, 0) is 124 Å². The molecular formula is C48H56Cl2N8O4S. The quantitative estimate of drug-likeness (QED) is 0.0697. The van der Waals surface area contributed by atoms with Crippen LogP contribution in [0.5, 0.6) is 0 Å². The predicted octanol–water partition coefficient (Wildman–Crippen LogP) is 5.82. The van der Waals surface area contributed by atoms with Crippen LogP contribution in [0.15, 0.2) is 118 Å². The Morgan fingerprint density at radius 1 is 0.603 bits per heavy atom. The molecule has 4 atom stereocenters. The Bertz CT molecular complexity index is 2250. The van der Waals surface area contributed by atoms with Crippen LogP contribution in [0.3, 0.4) is 0 Å². The van der Waals surface area contributed by atoms with E-state index in [0.717, 1.165) is 22.9 Å². The fourth-order valence-electron chi connectivity index (χ4n) is 7.92. The van der Waals surface area contributed by atoms with Gasteiger partial charge in [-0.2, -0.15) is 0 Å². The van der Waals surface area contributed by atoms with Gasteiger partial charge in [-0.25, -0.2) is 0 Å². The van der Waals surface area contributed by atoms with E-state index < -0.39 is 46.5 Å². The zero-order valence-electron chi connectivity index (χ0n) is 35.6. The Hall–Kier alpha value is -4.67. The number of ketones is 2. The largest absolute Gasteiger partial charge is 0.330 e. The zero-order chi connectivity index (χ0) is 45.6. The lowest BCUT2D eigenvalue weighted by Gasteiger charge is -2.41. The Balaban J connectivity index is 1.61. The molecule has 12 N–H and O–H groups in total. The molecule has 6 rings (SSSR count). The van der Waals surface area contributed by atoms with Gasteiger partial charge in [0.1, 0.15) is 0 Å². The molecule has 0 radical (unpaired) electrons. The van der Waals surface area contributed by atoms with Crippen molar-refractivity contribution in [2.45, 2.75) is 88.4 Å².